The number of aliphatic carboxylic acids is 1. The molecule has 56 heavy (non-hydrogen) atoms. The Morgan fingerprint density at radius 3 is 2.21 bits per heavy atom. The molecule has 0 aliphatic carbocycles. The van der Waals surface area contributed by atoms with Crippen molar-refractivity contribution in [3.63, 3.8) is 0 Å². The molecule has 292 valence electrons. The van der Waals surface area contributed by atoms with E-state index < -0.39 is 41.9 Å². The molecule has 0 aliphatic rings. The van der Waals surface area contributed by atoms with E-state index in [-0.39, 0.29) is 43.1 Å². The number of hydrogen-bond acceptors (Lipinski definition) is 10. The van der Waals surface area contributed by atoms with Gasteiger partial charge in [-0.25, -0.2) is 9.59 Å². The number of carboxylic acids is 1. The average Bonchev–Trinajstić information content (AvgIpc) is 3.18. The molecular formula is C40H37F3N4O9. The first-order valence-electron chi connectivity index (χ1n) is 16.6. The Morgan fingerprint density at radius 2 is 1.61 bits per heavy atom. The van der Waals surface area contributed by atoms with Gasteiger partial charge in [-0.3, -0.25) is 14.4 Å². The molecule has 0 saturated carbocycles. The zero-order valence-electron chi connectivity index (χ0n) is 30.1. The minimum absolute atomic E-state index is 0.0212. The molecule has 0 spiro atoms. The zero-order chi connectivity index (χ0) is 41.3. The summed E-state index contributed by atoms with van der Waals surface area (Å²) in [6.07, 6.45) is -3.58. The average molecular weight is 775 g/mol. The van der Waals surface area contributed by atoms with E-state index in [1.54, 1.807) is 36.4 Å². The normalized spacial score (nSPS) is 11.4. The van der Waals surface area contributed by atoms with Crippen LogP contribution in [-0.4, -0.2) is 60.8 Å². The molecule has 2 amide bonds. The summed E-state index contributed by atoms with van der Waals surface area (Å²) in [6.45, 7) is 1.24. The van der Waals surface area contributed by atoms with E-state index in [1.165, 1.54) is 32.2 Å². The third-order valence-electron chi connectivity index (χ3n) is 7.48. The second-order valence-electron chi connectivity index (χ2n) is 11.8. The lowest BCUT2D eigenvalue weighted by atomic mass is 10.0. The Kier molecular flexibility index (Phi) is 16.2. The molecule has 4 aromatic rings. The van der Waals surface area contributed by atoms with Crippen LogP contribution in [0.3, 0.4) is 0 Å². The van der Waals surface area contributed by atoms with Crippen LogP contribution in [-0.2, 0) is 35.3 Å². The van der Waals surface area contributed by atoms with Gasteiger partial charge in [0.2, 0.25) is 5.91 Å². The van der Waals surface area contributed by atoms with Gasteiger partial charge in [0.1, 0.15) is 24.7 Å². The van der Waals surface area contributed by atoms with Crippen LogP contribution in [0.2, 0.25) is 0 Å². The molecule has 0 bridgehead atoms. The minimum atomic E-state index is -5.08. The number of amides is 2. The number of alkyl halides is 3. The summed E-state index contributed by atoms with van der Waals surface area (Å²) in [5, 5.41) is 22.0. The van der Waals surface area contributed by atoms with Crippen LogP contribution >= 0.6 is 0 Å². The Bertz CT molecular complexity index is 2080. The molecule has 13 nitrogen and oxygen atoms in total. The molecule has 0 fully saturated rings. The summed E-state index contributed by atoms with van der Waals surface area (Å²) in [5.41, 5.74) is 9.87. The number of esters is 2. The van der Waals surface area contributed by atoms with Gasteiger partial charge in [-0.15, -0.1) is 0 Å². The third-order valence-corrected chi connectivity index (χ3v) is 7.48. The summed E-state index contributed by atoms with van der Waals surface area (Å²) in [7, 11) is 1.18. The molecule has 5 N–H and O–H groups in total. The first kappa shape index (κ1) is 43.3. The summed E-state index contributed by atoms with van der Waals surface area (Å²) < 4.78 is 48.1. The third kappa shape index (κ3) is 14.3. The van der Waals surface area contributed by atoms with Gasteiger partial charge in [-0.1, -0.05) is 54.6 Å². The number of nitrogen functional groups attached to an aromatic ring is 1. The number of carbonyl (C=O) groups is 5. The second kappa shape index (κ2) is 20.9. The van der Waals surface area contributed by atoms with E-state index in [0.29, 0.717) is 16.8 Å². The SMILES string of the molecule is COC(=O)C(=Cc1ccc(C#N)cc1OC[C@@H](CCC(=O)OCc1ccccc1)NC(=O)c1cccc(-c2ccc(N)cc2)c1)NC(C)=O.O=C(O)C(F)(F)F. The number of nitrogens with one attached hydrogen (secondary N) is 2. The van der Waals surface area contributed by atoms with Gasteiger partial charge < -0.3 is 35.7 Å². The first-order chi connectivity index (χ1) is 26.6. The Morgan fingerprint density at radius 1 is 0.929 bits per heavy atom. The van der Waals surface area contributed by atoms with Crippen molar-refractivity contribution in [2.24, 2.45) is 0 Å². The van der Waals surface area contributed by atoms with Crippen LogP contribution in [0, 0.1) is 11.3 Å². The van der Waals surface area contributed by atoms with E-state index in [0.717, 1.165) is 16.7 Å². The zero-order valence-corrected chi connectivity index (χ0v) is 30.1. The largest absolute Gasteiger partial charge is 0.491 e. The highest BCUT2D eigenvalue weighted by Crippen LogP contribution is 2.25. The van der Waals surface area contributed by atoms with Crippen molar-refractivity contribution in [3.8, 4) is 22.9 Å². The van der Waals surface area contributed by atoms with Gasteiger partial charge in [0.25, 0.3) is 5.91 Å². The number of halogens is 3. The van der Waals surface area contributed by atoms with Crippen molar-refractivity contribution in [1.82, 2.24) is 10.6 Å². The summed E-state index contributed by atoms with van der Waals surface area (Å²) >= 11 is 0. The molecule has 16 heteroatoms. The van der Waals surface area contributed by atoms with E-state index in [1.807, 2.05) is 54.6 Å². The maximum absolute atomic E-state index is 13.5. The second-order valence-corrected chi connectivity index (χ2v) is 11.8. The van der Waals surface area contributed by atoms with E-state index in [9.17, 15) is 37.6 Å². The van der Waals surface area contributed by atoms with Gasteiger partial charge >= 0.3 is 24.1 Å². The molecule has 0 heterocycles. The highest BCUT2D eigenvalue weighted by atomic mass is 19.4. The van der Waals surface area contributed by atoms with Gasteiger partial charge in [0, 0.05) is 30.2 Å². The number of nitrogens with two attached hydrogens (primary N) is 1. The molecule has 0 saturated heterocycles. The fourth-order valence-corrected chi connectivity index (χ4v) is 4.72. The molecule has 1 atom stereocenters. The Balaban J connectivity index is 0.00000109. The van der Waals surface area contributed by atoms with Crippen LogP contribution in [0.15, 0.2) is 103 Å². The molecule has 4 rings (SSSR count). The van der Waals surface area contributed by atoms with Crippen molar-refractivity contribution < 1.29 is 56.5 Å². The number of rotatable bonds is 14. The fourth-order valence-electron chi connectivity index (χ4n) is 4.72. The van der Waals surface area contributed by atoms with E-state index in [4.69, 9.17) is 29.8 Å². The number of benzene rings is 4. The Labute approximate surface area is 319 Å². The number of ether oxygens (including phenoxy) is 3. The number of hydrogen-bond donors (Lipinski definition) is 4. The van der Waals surface area contributed by atoms with Crippen molar-refractivity contribution in [2.45, 2.75) is 38.6 Å². The van der Waals surface area contributed by atoms with Crippen molar-refractivity contribution in [1.29, 1.82) is 5.26 Å². The summed E-state index contributed by atoms with van der Waals surface area (Å²) in [6, 6.07) is 29.5. The summed E-state index contributed by atoms with van der Waals surface area (Å²) in [5.74, 6) is -4.69. The highest BCUT2D eigenvalue weighted by molar-refractivity contribution is 5.98. The van der Waals surface area contributed by atoms with Crippen molar-refractivity contribution in [2.75, 3.05) is 19.5 Å². The number of anilines is 1. The topological polar surface area (TPSA) is 207 Å². The predicted molar refractivity (Wildman–Crippen MR) is 197 cm³/mol. The quantitative estimate of drug-likeness (QED) is 0.0685. The van der Waals surface area contributed by atoms with Crippen LogP contribution in [0.25, 0.3) is 17.2 Å². The van der Waals surface area contributed by atoms with E-state index in [2.05, 4.69) is 10.6 Å². The lowest BCUT2D eigenvalue weighted by Gasteiger charge is -2.20. The predicted octanol–water partition coefficient (Wildman–Crippen LogP) is 5.79. The fraction of sp³-hybridized carbons (Fsp3) is 0.200. The van der Waals surface area contributed by atoms with Gasteiger partial charge in [-0.2, -0.15) is 18.4 Å². The summed E-state index contributed by atoms with van der Waals surface area (Å²) in [4.78, 5) is 59.2. The van der Waals surface area contributed by atoms with Crippen LogP contribution in [0.5, 0.6) is 5.75 Å². The minimum Gasteiger partial charge on any atom is -0.491 e. The van der Waals surface area contributed by atoms with Crippen LogP contribution in [0.4, 0.5) is 18.9 Å². The Hall–Kier alpha value is -7.15. The van der Waals surface area contributed by atoms with Gasteiger partial charge in [0.15, 0.2) is 0 Å². The highest BCUT2D eigenvalue weighted by Gasteiger charge is 2.38. The molecule has 4 aromatic carbocycles. The smallest absolute Gasteiger partial charge is 0.490 e. The van der Waals surface area contributed by atoms with Crippen molar-refractivity contribution in [3.05, 3.63) is 125 Å². The lowest BCUT2D eigenvalue weighted by Crippen LogP contribution is -2.39. The molecule has 0 unspecified atom stereocenters. The standard InChI is InChI=1S/C38H36N4O7.C2HF3O2/c1-25(43)41-34(38(46)47-2)21-30-12-11-27(22-39)19-35(30)48-24-33(17-18-36(44)49-23-26-7-4-3-5-8-26)42-37(45)31-10-6-9-29(20-31)28-13-15-32(40)16-14-28;3-2(4,5)1(6)7/h3-16,19-21,33H,17-18,23-24,40H2,1-2H3,(H,41,43)(H,42,45);(H,6,7)/t33-;/m1./s1. The molecule has 0 aromatic heterocycles. The molecule has 0 radical (unpaired) electrons. The number of methoxy groups -OCH3 is 1. The number of nitrogens with zero attached hydrogens (tertiary/aromatic N) is 1. The van der Waals surface area contributed by atoms with Crippen molar-refractivity contribution >= 4 is 41.5 Å². The molecular weight excluding hydrogens is 737 g/mol. The molecule has 0 aliphatic heterocycles. The number of nitriles is 1. The first-order valence-corrected chi connectivity index (χ1v) is 16.6. The van der Waals surface area contributed by atoms with Gasteiger partial charge in [0.05, 0.1) is 24.8 Å². The van der Waals surface area contributed by atoms with Gasteiger partial charge in [-0.05, 0) is 71.7 Å². The maximum atomic E-state index is 13.5. The number of carboxylic acid groups (broad SMARTS) is 1. The van der Waals surface area contributed by atoms with E-state index >= 15 is 0 Å². The maximum Gasteiger partial charge on any atom is 0.490 e. The number of carbonyl (C=O) groups excluding carboxylic acids is 4. The van der Waals surface area contributed by atoms with Crippen LogP contribution < -0.4 is 21.1 Å². The lowest BCUT2D eigenvalue weighted by molar-refractivity contribution is -0.192. The van der Waals surface area contributed by atoms with Crippen LogP contribution in [0.1, 0.15) is 46.8 Å². The monoisotopic (exact) mass is 774 g/mol.